The van der Waals surface area contributed by atoms with Crippen molar-refractivity contribution in [3.05, 3.63) is 94.5 Å². The number of halogens is 1. The summed E-state index contributed by atoms with van der Waals surface area (Å²) in [6.45, 7) is 4.54. The van der Waals surface area contributed by atoms with Crippen molar-refractivity contribution in [1.29, 1.82) is 0 Å². The number of carbonyl (C=O) groups excluding carboxylic acids is 3. The number of anilines is 2. The number of aryl methyl sites for hydroxylation is 1. The second-order valence-electron chi connectivity index (χ2n) is 10.2. The molecule has 0 bridgehead atoms. The van der Waals surface area contributed by atoms with Crippen LogP contribution in [-0.4, -0.2) is 60.7 Å². The standard InChI is InChI=1S/C31H36ClN5O3/c1-22(38)34-26-14-9-24(10-15-26)21-35(2)30(31(33)40)27-5-3-4-6-28(27)36-17-19-37(20-18-36)29(39)16-11-23-7-12-25(32)13-8-23/h3-10,12-15,30H,11,16-21H2,1-2H3,(H2,33,40)(H,34,38). The van der Waals surface area contributed by atoms with Crippen molar-refractivity contribution in [1.82, 2.24) is 9.80 Å². The lowest BCUT2D eigenvalue weighted by Crippen LogP contribution is -2.49. The van der Waals surface area contributed by atoms with Gasteiger partial charge in [0, 0.05) is 68.0 Å². The summed E-state index contributed by atoms with van der Waals surface area (Å²) in [4.78, 5) is 43.0. The van der Waals surface area contributed by atoms with E-state index >= 15 is 0 Å². The molecule has 1 aliphatic heterocycles. The first-order valence-corrected chi connectivity index (χ1v) is 13.8. The lowest BCUT2D eigenvalue weighted by atomic mass is 10.0. The van der Waals surface area contributed by atoms with Crippen molar-refractivity contribution in [2.24, 2.45) is 5.73 Å². The fraction of sp³-hybridized carbons (Fsp3) is 0.323. The van der Waals surface area contributed by atoms with Gasteiger partial charge in [0.15, 0.2) is 0 Å². The Hall–Kier alpha value is -3.88. The number of hydrogen-bond donors (Lipinski definition) is 2. The predicted molar refractivity (Wildman–Crippen MR) is 159 cm³/mol. The molecule has 3 N–H and O–H groups in total. The van der Waals surface area contributed by atoms with Gasteiger partial charge in [0.05, 0.1) is 0 Å². The van der Waals surface area contributed by atoms with Crippen molar-refractivity contribution < 1.29 is 14.4 Å². The fourth-order valence-electron chi connectivity index (χ4n) is 5.15. The molecule has 3 amide bonds. The molecule has 1 heterocycles. The van der Waals surface area contributed by atoms with E-state index in [9.17, 15) is 14.4 Å². The first-order chi connectivity index (χ1) is 19.2. The Morgan fingerprint density at radius 1 is 0.925 bits per heavy atom. The van der Waals surface area contributed by atoms with E-state index in [-0.39, 0.29) is 11.8 Å². The third-order valence-corrected chi connectivity index (χ3v) is 7.41. The minimum absolute atomic E-state index is 0.126. The molecular weight excluding hydrogens is 526 g/mol. The fourth-order valence-corrected chi connectivity index (χ4v) is 5.27. The number of para-hydroxylation sites is 1. The van der Waals surface area contributed by atoms with Crippen LogP contribution in [0.25, 0.3) is 0 Å². The number of nitrogens with one attached hydrogen (secondary N) is 1. The number of nitrogens with zero attached hydrogens (tertiary/aromatic N) is 3. The first-order valence-electron chi connectivity index (χ1n) is 13.4. The molecule has 1 saturated heterocycles. The van der Waals surface area contributed by atoms with E-state index in [0.717, 1.165) is 28.1 Å². The van der Waals surface area contributed by atoms with E-state index in [1.54, 1.807) is 0 Å². The average Bonchev–Trinajstić information content (AvgIpc) is 2.94. The van der Waals surface area contributed by atoms with Gasteiger partial charge < -0.3 is 20.9 Å². The van der Waals surface area contributed by atoms with Crippen LogP contribution in [0, 0.1) is 0 Å². The number of rotatable bonds is 10. The van der Waals surface area contributed by atoms with E-state index in [0.29, 0.717) is 50.6 Å². The molecule has 0 aromatic heterocycles. The van der Waals surface area contributed by atoms with Gasteiger partial charge in [-0.05, 0) is 54.9 Å². The second-order valence-corrected chi connectivity index (χ2v) is 10.6. The van der Waals surface area contributed by atoms with Crippen molar-refractivity contribution >= 4 is 40.7 Å². The van der Waals surface area contributed by atoms with Crippen molar-refractivity contribution in [3.63, 3.8) is 0 Å². The summed E-state index contributed by atoms with van der Waals surface area (Å²) in [7, 11) is 1.88. The predicted octanol–water partition coefficient (Wildman–Crippen LogP) is 4.24. The van der Waals surface area contributed by atoms with Gasteiger partial charge in [0.25, 0.3) is 0 Å². The summed E-state index contributed by atoms with van der Waals surface area (Å²) in [5.41, 5.74) is 10.5. The second kappa shape index (κ2) is 13.5. The number of likely N-dealkylation sites (N-methyl/N-ethyl adjacent to an activating group) is 1. The van der Waals surface area contributed by atoms with Gasteiger partial charge in [0.1, 0.15) is 6.04 Å². The van der Waals surface area contributed by atoms with Crippen LogP contribution in [0.1, 0.15) is 36.1 Å². The molecule has 9 heteroatoms. The van der Waals surface area contributed by atoms with Crippen LogP contribution in [0.15, 0.2) is 72.8 Å². The first kappa shape index (κ1) is 29.1. The van der Waals surface area contributed by atoms with Crippen LogP contribution in [-0.2, 0) is 27.3 Å². The SMILES string of the molecule is CC(=O)Nc1ccc(CN(C)C(C(N)=O)c2ccccc2N2CCN(C(=O)CCc3ccc(Cl)cc3)CC2)cc1. The minimum atomic E-state index is -0.634. The zero-order valence-electron chi connectivity index (χ0n) is 23.0. The van der Waals surface area contributed by atoms with Gasteiger partial charge >= 0.3 is 0 Å². The van der Waals surface area contributed by atoms with E-state index in [2.05, 4.69) is 10.2 Å². The van der Waals surface area contributed by atoms with Gasteiger partial charge in [-0.25, -0.2) is 0 Å². The van der Waals surface area contributed by atoms with Crippen LogP contribution in [0.5, 0.6) is 0 Å². The van der Waals surface area contributed by atoms with Crippen LogP contribution >= 0.6 is 11.6 Å². The number of amides is 3. The van der Waals surface area contributed by atoms with Crippen molar-refractivity contribution in [3.8, 4) is 0 Å². The Morgan fingerprint density at radius 2 is 1.55 bits per heavy atom. The lowest BCUT2D eigenvalue weighted by molar-refractivity contribution is -0.131. The molecule has 210 valence electrons. The number of piperazine rings is 1. The molecule has 40 heavy (non-hydrogen) atoms. The summed E-state index contributed by atoms with van der Waals surface area (Å²) < 4.78 is 0. The van der Waals surface area contributed by atoms with E-state index in [4.69, 9.17) is 17.3 Å². The van der Waals surface area contributed by atoms with Crippen LogP contribution < -0.4 is 16.0 Å². The molecule has 1 aliphatic rings. The highest BCUT2D eigenvalue weighted by atomic mass is 35.5. The molecule has 8 nitrogen and oxygen atoms in total. The smallest absolute Gasteiger partial charge is 0.239 e. The highest BCUT2D eigenvalue weighted by molar-refractivity contribution is 6.30. The summed E-state index contributed by atoms with van der Waals surface area (Å²) in [6.07, 6.45) is 1.14. The van der Waals surface area contributed by atoms with Crippen LogP contribution in [0.3, 0.4) is 0 Å². The van der Waals surface area contributed by atoms with Crippen molar-refractivity contribution in [2.45, 2.75) is 32.4 Å². The zero-order chi connectivity index (χ0) is 28.6. The van der Waals surface area contributed by atoms with Crippen LogP contribution in [0.4, 0.5) is 11.4 Å². The Balaban J connectivity index is 1.40. The Labute approximate surface area is 240 Å². The monoisotopic (exact) mass is 561 g/mol. The van der Waals surface area contributed by atoms with E-state index in [1.165, 1.54) is 6.92 Å². The minimum Gasteiger partial charge on any atom is -0.368 e. The quantitative estimate of drug-likeness (QED) is 0.386. The molecule has 0 saturated carbocycles. The molecule has 1 fully saturated rings. The number of nitrogens with two attached hydrogens (primary N) is 1. The third kappa shape index (κ3) is 7.61. The number of primary amides is 1. The molecular formula is C31H36ClN5O3. The van der Waals surface area contributed by atoms with E-state index in [1.807, 2.05) is 89.6 Å². The van der Waals surface area contributed by atoms with Crippen molar-refractivity contribution in [2.75, 3.05) is 43.4 Å². The highest BCUT2D eigenvalue weighted by Crippen LogP contribution is 2.31. The molecule has 4 rings (SSSR count). The topological polar surface area (TPSA) is 99.0 Å². The maximum absolute atomic E-state index is 12.9. The molecule has 0 radical (unpaired) electrons. The third-order valence-electron chi connectivity index (χ3n) is 7.16. The Morgan fingerprint density at radius 3 is 2.17 bits per heavy atom. The lowest BCUT2D eigenvalue weighted by Gasteiger charge is -2.38. The number of carbonyl (C=O) groups is 3. The molecule has 1 unspecified atom stereocenters. The van der Waals surface area contributed by atoms with Gasteiger partial charge in [-0.3, -0.25) is 19.3 Å². The largest absolute Gasteiger partial charge is 0.368 e. The number of benzene rings is 3. The van der Waals surface area contributed by atoms with Gasteiger partial charge in [-0.15, -0.1) is 0 Å². The summed E-state index contributed by atoms with van der Waals surface area (Å²) in [5.74, 6) is -0.415. The highest BCUT2D eigenvalue weighted by Gasteiger charge is 2.29. The van der Waals surface area contributed by atoms with E-state index < -0.39 is 11.9 Å². The molecule has 0 aliphatic carbocycles. The number of hydrogen-bond acceptors (Lipinski definition) is 5. The molecule has 1 atom stereocenters. The summed E-state index contributed by atoms with van der Waals surface area (Å²) in [5, 5.41) is 3.45. The maximum Gasteiger partial charge on any atom is 0.239 e. The summed E-state index contributed by atoms with van der Waals surface area (Å²) in [6, 6.07) is 22.3. The Kier molecular flexibility index (Phi) is 9.79. The van der Waals surface area contributed by atoms with Gasteiger partial charge in [-0.2, -0.15) is 0 Å². The normalized spacial score (nSPS) is 14.2. The maximum atomic E-state index is 12.9. The van der Waals surface area contributed by atoms with Gasteiger partial charge in [-0.1, -0.05) is 54.1 Å². The summed E-state index contributed by atoms with van der Waals surface area (Å²) >= 11 is 5.96. The molecule has 3 aromatic rings. The average molecular weight is 562 g/mol. The molecule has 3 aromatic carbocycles. The zero-order valence-corrected chi connectivity index (χ0v) is 23.7. The van der Waals surface area contributed by atoms with Crippen LogP contribution in [0.2, 0.25) is 5.02 Å². The Bertz CT molecular complexity index is 1320. The molecule has 0 spiro atoms. The van der Waals surface area contributed by atoms with Gasteiger partial charge in [0.2, 0.25) is 17.7 Å².